The second kappa shape index (κ2) is 8.47. The number of carbonyl (C=O) groups is 2. The average molecular weight is 382 g/mol. The van der Waals surface area contributed by atoms with Gasteiger partial charge in [0.2, 0.25) is 5.91 Å². The fourth-order valence-corrected chi connectivity index (χ4v) is 4.28. The molecular formula is C18H26N2O5S. The van der Waals surface area contributed by atoms with Crippen LogP contribution in [0.1, 0.15) is 41.9 Å². The van der Waals surface area contributed by atoms with Crippen molar-refractivity contribution in [2.75, 3.05) is 44.8 Å². The molecule has 2 aliphatic heterocycles. The molecule has 1 amide bonds. The molecule has 144 valence electrons. The highest BCUT2D eigenvalue weighted by Crippen LogP contribution is 2.32. The molecule has 3 rings (SSSR count). The zero-order chi connectivity index (χ0) is 18.6. The molecule has 1 aromatic rings. The fraction of sp³-hybridized carbons (Fsp3) is 0.667. The minimum absolute atomic E-state index is 0.121. The van der Waals surface area contributed by atoms with Gasteiger partial charge in [0.05, 0.1) is 31.9 Å². The summed E-state index contributed by atoms with van der Waals surface area (Å²) >= 11 is 1.43. The number of anilines is 1. The fourth-order valence-electron chi connectivity index (χ4n) is 3.28. The van der Waals surface area contributed by atoms with Gasteiger partial charge in [0.1, 0.15) is 5.00 Å². The van der Waals surface area contributed by atoms with Crippen LogP contribution in [0.3, 0.4) is 0 Å². The summed E-state index contributed by atoms with van der Waals surface area (Å²) in [5, 5.41) is 3.46. The molecule has 26 heavy (non-hydrogen) atoms. The summed E-state index contributed by atoms with van der Waals surface area (Å²) in [6.07, 6.45) is 2.35. The number of rotatable bonds is 6. The van der Waals surface area contributed by atoms with Gasteiger partial charge < -0.3 is 19.5 Å². The Morgan fingerprint density at radius 1 is 1.27 bits per heavy atom. The van der Waals surface area contributed by atoms with Crippen molar-refractivity contribution in [3.63, 3.8) is 0 Å². The van der Waals surface area contributed by atoms with Crippen molar-refractivity contribution < 1.29 is 23.8 Å². The van der Waals surface area contributed by atoms with Crippen LogP contribution in [0.4, 0.5) is 5.00 Å². The summed E-state index contributed by atoms with van der Waals surface area (Å²) in [7, 11) is 0. The van der Waals surface area contributed by atoms with Crippen molar-refractivity contribution in [3.8, 4) is 0 Å². The number of esters is 1. The van der Waals surface area contributed by atoms with E-state index < -0.39 is 11.8 Å². The number of ether oxygens (including phenoxy) is 3. The van der Waals surface area contributed by atoms with Gasteiger partial charge in [-0.2, -0.15) is 0 Å². The van der Waals surface area contributed by atoms with E-state index in [9.17, 15) is 9.59 Å². The third kappa shape index (κ3) is 4.43. The van der Waals surface area contributed by atoms with Gasteiger partial charge in [-0.15, -0.1) is 11.3 Å². The van der Waals surface area contributed by atoms with Crippen LogP contribution in [0.25, 0.3) is 0 Å². The molecule has 7 nitrogen and oxygen atoms in total. The summed E-state index contributed by atoms with van der Waals surface area (Å²) in [5.41, 5.74) is 0.437. The van der Waals surface area contributed by atoms with Crippen LogP contribution in [0.15, 0.2) is 6.07 Å². The van der Waals surface area contributed by atoms with Crippen LogP contribution < -0.4 is 5.32 Å². The second-order valence-electron chi connectivity index (χ2n) is 6.46. The lowest BCUT2D eigenvalue weighted by Gasteiger charge is -2.37. The van der Waals surface area contributed by atoms with Crippen LogP contribution in [-0.4, -0.2) is 62.0 Å². The maximum absolute atomic E-state index is 12.5. The molecule has 0 bridgehead atoms. The first-order valence-corrected chi connectivity index (χ1v) is 9.97. The first-order valence-electron chi connectivity index (χ1n) is 9.15. The smallest absolute Gasteiger partial charge is 0.341 e. The molecule has 1 aromatic heterocycles. The van der Waals surface area contributed by atoms with E-state index >= 15 is 0 Å². The number of nitrogens with one attached hydrogen (secondary N) is 1. The third-order valence-electron chi connectivity index (χ3n) is 4.68. The lowest BCUT2D eigenvalue weighted by atomic mass is 10.0. The molecule has 8 heteroatoms. The molecule has 0 aliphatic carbocycles. The van der Waals surface area contributed by atoms with Crippen molar-refractivity contribution in [1.82, 2.24) is 4.90 Å². The summed E-state index contributed by atoms with van der Waals surface area (Å²) in [4.78, 5) is 27.7. The third-order valence-corrected chi connectivity index (χ3v) is 5.87. The largest absolute Gasteiger partial charge is 0.462 e. The maximum atomic E-state index is 12.5. The van der Waals surface area contributed by atoms with Gasteiger partial charge in [-0.05, 0) is 19.4 Å². The SMILES string of the molecule is CCOC(=O)c1cc(CC)sc1NC(=O)CN1CCC2(CC1)OCCO2. The minimum atomic E-state index is -0.437. The van der Waals surface area contributed by atoms with E-state index in [1.165, 1.54) is 11.3 Å². The molecule has 1 N–H and O–H groups in total. The van der Waals surface area contributed by atoms with Crippen molar-refractivity contribution in [3.05, 3.63) is 16.5 Å². The molecule has 0 saturated carbocycles. The Kier molecular flexibility index (Phi) is 6.29. The predicted octanol–water partition coefficient (Wildman–Crippen LogP) is 2.26. The predicted molar refractivity (Wildman–Crippen MR) is 98.6 cm³/mol. The summed E-state index contributed by atoms with van der Waals surface area (Å²) in [6, 6.07) is 1.80. The molecule has 0 radical (unpaired) electrons. The zero-order valence-electron chi connectivity index (χ0n) is 15.3. The Balaban J connectivity index is 1.56. The molecular weight excluding hydrogens is 356 g/mol. The number of nitrogens with zero attached hydrogens (tertiary/aromatic N) is 1. The molecule has 1 spiro atoms. The van der Waals surface area contributed by atoms with Gasteiger partial charge >= 0.3 is 5.97 Å². The molecule has 0 unspecified atom stereocenters. The van der Waals surface area contributed by atoms with E-state index in [1.54, 1.807) is 13.0 Å². The van der Waals surface area contributed by atoms with Crippen LogP contribution in [0.5, 0.6) is 0 Å². The molecule has 3 heterocycles. The number of aryl methyl sites for hydroxylation is 1. The van der Waals surface area contributed by atoms with Gasteiger partial charge in [-0.3, -0.25) is 9.69 Å². The van der Waals surface area contributed by atoms with Crippen molar-refractivity contribution >= 4 is 28.2 Å². The van der Waals surface area contributed by atoms with Crippen LogP contribution >= 0.6 is 11.3 Å². The standard InChI is InChI=1S/C18H26N2O5S/c1-3-13-11-14(17(22)23-4-2)16(26-13)19-15(21)12-20-7-5-18(6-8-20)24-9-10-25-18/h11H,3-10,12H2,1-2H3,(H,19,21). The van der Waals surface area contributed by atoms with E-state index in [0.717, 1.165) is 37.2 Å². The van der Waals surface area contributed by atoms with E-state index in [4.69, 9.17) is 14.2 Å². The van der Waals surface area contributed by atoms with Gasteiger partial charge in [0.25, 0.3) is 0 Å². The Bertz CT molecular complexity index is 644. The summed E-state index contributed by atoms with van der Waals surface area (Å²) in [6.45, 7) is 7.18. The van der Waals surface area contributed by atoms with Crippen molar-refractivity contribution in [2.45, 2.75) is 38.9 Å². The van der Waals surface area contributed by atoms with E-state index in [0.29, 0.717) is 30.4 Å². The van der Waals surface area contributed by atoms with Gasteiger partial charge in [0.15, 0.2) is 5.79 Å². The van der Waals surface area contributed by atoms with E-state index in [2.05, 4.69) is 10.2 Å². The van der Waals surface area contributed by atoms with Crippen LogP contribution in [-0.2, 0) is 25.4 Å². The quantitative estimate of drug-likeness (QED) is 0.761. The monoisotopic (exact) mass is 382 g/mol. The Labute approximate surface area is 157 Å². The first-order chi connectivity index (χ1) is 12.5. The van der Waals surface area contributed by atoms with Gasteiger partial charge in [0, 0.05) is 30.8 Å². The first kappa shape index (κ1) is 19.3. The molecule has 0 aromatic carbocycles. The number of hydrogen-bond donors (Lipinski definition) is 1. The normalized spacial score (nSPS) is 19.6. The van der Waals surface area contributed by atoms with Crippen molar-refractivity contribution in [1.29, 1.82) is 0 Å². The zero-order valence-corrected chi connectivity index (χ0v) is 16.2. The number of carbonyl (C=O) groups excluding carboxylic acids is 2. The van der Waals surface area contributed by atoms with E-state index in [-0.39, 0.29) is 12.5 Å². The van der Waals surface area contributed by atoms with Crippen LogP contribution in [0, 0.1) is 0 Å². The summed E-state index contributed by atoms with van der Waals surface area (Å²) < 4.78 is 16.5. The number of likely N-dealkylation sites (tertiary alicyclic amines) is 1. The highest BCUT2D eigenvalue weighted by atomic mass is 32.1. The van der Waals surface area contributed by atoms with E-state index in [1.807, 2.05) is 6.92 Å². The van der Waals surface area contributed by atoms with Crippen molar-refractivity contribution in [2.24, 2.45) is 0 Å². The molecule has 2 saturated heterocycles. The van der Waals surface area contributed by atoms with Crippen LogP contribution in [0.2, 0.25) is 0 Å². The van der Waals surface area contributed by atoms with Gasteiger partial charge in [-0.1, -0.05) is 6.92 Å². The second-order valence-corrected chi connectivity index (χ2v) is 7.60. The number of thiophene rings is 1. The maximum Gasteiger partial charge on any atom is 0.341 e. The number of piperidine rings is 1. The highest BCUT2D eigenvalue weighted by Gasteiger charge is 2.40. The molecule has 0 atom stereocenters. The Morgan fingerprint density at radius 3 is 2.58 bits per heavy atom. The number of hydrogen-bond acceptors (Lipinski definition) is 7. The molecule has 2 aliphatic rings. The average Bonchev–Trinajstić information content (AvgIpc) is 3.25. The summed E-state index contributed by atoms with van der Waals surface area (Å²) in [5.74, 6) is -0.952. The topological polar surface area (TPSA) is 77.1 Å². The Morgan fingerprint density at radius 2 is 1.96 bits per heavy atom. The number of amides is 1. The Hall–Kier alpha value is -1.48. The van der Waals surface area contributed by atoms with Gasteiger partial charge in [-0.25, -0.2) is 4.79 Å². The molecule has 2 fully saturated rings. The minimum Gasteiger partial charge on any atom is -0.462 e. The lowest BCUT2D eigenvalue weighted by molar-refractivity contribution is -0.185. The lowest BCUT2D eigenvalue weighted by Crippen LogP contribution is -2.47. The highest BCUT2D eigenvalue weighted by molar-refractivity contribution is 7.16.